The van der Waals surface area contributed by atoms with Crippen LogP contribution in [-0.2, 0) is 20.7 Å². The van der Waals surface area contributed by atoms with Crippen molar-refractivity contribution in [1.29, 1.82) is 0 Å². The molecule has 0 unspecified atom stereocenters. The summed E-state index contributed by atoms with van der Waals surface area (Å²) >= 11 is 0. The second-order valence-corrected chi connectivity index (χ2v) is 9.54. The van der Waals surface area contributed by atoms with Crippen LogP contribution in [0.25, 0.3) is 5.76 Å². The number of likely N-dealkylation sites (tertiary alicyclic amines) is 1. The first kappa shape index (κ1) is 24.8. The fraction of sp³-hybridized carbons (Fsp3) is 0.429. The van der Waals surface area contributed by atoms with Crippen LogP contribution in [0.3, 0.4) is 0 Å². The zero-order valence-electron chi connectivity index (χ0n) is 20.7. The summed E-state index contributed by atoms with van der Waals surface area (Å²) in [5.41, 5.74) is 2.21. The van der Waals surface area contributed by atoms with Gasteiger partial charge in [0.1, 0.15) is 23.4 Å². The molecule has 4 rings (SSSR count). The van der Waals surface area contributed by atoms with Crippen molar-refractivity contribution < 1.29 is 28.9 Å². The van der Waals surface area contributed by atoms with E-state index in [2.05, 4.69) is 13.8 Å². The van der Waals surface area contributed by atoms with E-state index in [0.29, 0.717) is 29.4 Å². The molecule has 0 saturated carbocycles. The summed E-state index contributed by atoms with van der Waals surface area (Å²) in [6.45, 7) is 7.31. The molecule has 1 amide bonds. The lowest BCUT2D eigenvalue weighted by atomic mass is 9.94. The highest BCUT2D eigenvalue weighted by Gasteiger charge is 2.46. The fourth-order valence-corrected chi connectivity index (χ4v) is 4.56. The lowest BCUT2D eigenvalue weighted by Crippen LogP contribution is -2.32. The SMILES string of the molecule is COCCN1C(=O)C(=O)C(=C(O)c2ccc3c(c2)C[C@@H](C)O3)[C@@H]1c1cccc(OCCC(C)C)c1. The number of carbonyl (C=O) groups excluding carboxylic acids is 2. The zero-order chi connectivity index (χ0) is 25.1. The van der Waals surface area contributed by atoms with Gasteiger partial charge in [-0.15, -0.1) is 0 Å². The Labute approximate surface area is 206 Å². The van der Waals surface area contributed by atoms with Crippen LogP contribution in [-0.4, -0.2) is 54.7 Å². The lowest BCUT2D eigenvalue weighted by Gasteiger charge is -2.25. The molecular weight excluding hydrogens is 446 g/mol. The standard InChI is InChI=1S/C28H33NO6/c1-17(2)10-12-34-22-7-5-6-19(16-22)25-24(27(31)28(32)29(25)11-13-33-4)26(30)20-8-9-23-21(15-20)14-18(3)35-23/h5-9,15-18,25,30H,10-14H2,1-4H3/t18-,25+/m1/s1. The molecule has 2 aromatic rings. The summed E-state index contributed by atoms with van der Waals surface area (Å²) in [6.07, 6.45) is 1.69. The van der Waals surface area contributed by atoms with Crippen molar-refractivity contribution in [3.8, 4) is 11.5 Å². The van der Waals surface area contributed by atoms with E-state index in [1.165, 1.54) is 4.90 Å². The number of carbonyl (C=O) groups is 2. The van der Waals surface area contributed by atoms with Gasteiger partial charge in [-0.2, -0.15) is 0 Å². The number of hydrogen-bond acceptors (Lipinski definition) is 6. The van der Waals surface area contributed by atoms with Gasteiger partial charge in [-0.25, -0.2) is 0 Å². The van der Waals surface area contributed by atoms with Gasteiger partial charge in [-0.3, -0.25) is 9.59 Å². The van der Waals surface area contributed by atoms with Gasteiger partial charge < -0.3 is 24.2 Å². The van der Waals surface area contributed by atoms with Crippen molar-refractivity contribution in [3.05, 3.63) is 64.7 Å². The number of ketones is 1. The third-order valence-corrected chi connectivity index (χ3v) is 6.38. The van der Waals surface area contributed by atoms with Gasteiger partial charge in [0.25, 0.3) is 11.7 Å². The van der Waals surface area contributed by atoms with E-state index in [9.17, 15) is 14.7 Å². The van der Waals surface area contributed by atoms with Crippen molar-refractivity contribution in [2.24, 2.45) is 5.92 Å². The molecule has 35 heavy (non-hydrogen) atoms. The van der Waals surface area contributed by atoms with E-state index in [4.69, 9.17) is 14.2 Å². The van der Waals surface area contributed by atoms with E-state index in [1.807, 2.05) is 37.3 Å². The van der Waals surface area contributed by atoms with Gasteiger partial charge >= 0.3 is 0 Å². The highest BCUT2D eigenvalue weighted by atomic mass is 16.5. The predicted octanol–water partition coefficient (Wildman–Crippen LogP) is 4.50. The first-order chi connectivity index (χ1) is 16.8. The molecule has 0 aromatic heterocycles. The minimum absolute atomic E-state index is 0.0560. The lowest BCUT2D eigenvalue weighted by molar-refractivity contribution is -0.140. The van der Waals surface area contributed by atoms with Crippen LogP contribution in [0.5, 0.6) is 11.5 Å². The number of methoxy groups -OCH3 is 1. The maximum atomic E-state index is 13.2. The molecule has 0 spiro atoms. The molecule has 2 aliphatic rings. The number of rotatable bonds is 9. The molecule has 2 atom stereocenters. The van der Waals surface area contributed by atoms with Gasteiger partial charge in [0.05, 0.1) is 24.8 Å². The summed E-state index contributed by atoms with van der Waals surface area (Å²) < 4.78 is 16.9. The summed E-state index contributed by atoms with van der Waals surface area (Å²) in [5, 5.41) is 11.3. The van der Waals surface area contributed by atoms with Crippen molar-refractivity contribution in [1.82, 2.24) is 4.90 Å². The maximum Gasteiger partial charge on any atom is 0.295 e. The van der Waals surface area contributed by atoms with Crippen molar-refractivity contribution in [2.45, 2.75) is 45.8 Å². The topological polar surface area (TPSA) is 85.3 Å². The number of fused-ring (bicyclic) bond motifs is 1. The minimum atomic E-state index is -0.748. The van der Waals surface area contributed by atoms with E-state index in [1.54, 1.807) is 19.2 Å². The smallest absolute Gasteiger partial charge is 0.295 e. The quantitative estimate of drug-likeness (QED) is 0.324. The number of aliphatic hydroxyl groups excluding tert-OH is 1. The largest absolute Gasteiger partial charge is 0.507 e. The van der Waals surface area contributed by atoms with E-state index < -0.39 is 17.7 Å². The van der Waals surface area contributed by atoms with Crippen molar-refractivity contribution in [3.63, 3.8) is 0 Å². The van der Waals surface area contributed by atoms with Gasteiger partial charge in [0, 0.05) is 25.6 Å². The molecule has 1 fully saturated rings. The van der Waals surface area contributed by atoms with Crippen LogP contribution >= 0.6 is 0 Å². The van der Waals surface area contributed by atoms with Gasteiger partial charge in [-0.05, 0) is 60.7 Å². The van der Waals surface area contributed by atoms with Crippen LogP contribution in [0.2, 0.25) is 0 Å². The van der Waals surface area contributed by atoms with Gasteiger partial charge in [-0.1, -0.05) is 26.0 Å². The third kappa shape index (κ3) is 5.20. The molecular formula is C28H33NO6. The van der Waals surface area contributed by atoms with Crippen LogP contribution in [0, 0.1) is 5.92 Å². The molecule has 2 aromatic carbocycles. The Hall–Kier alpha value is -3.32. The second kappa shape index (κ2) is 10.5. The molecule has 2 aliphatic heterocycles. The van der Waals surface area contributed by atoms with Crippen LogP contribution in [0.4, 0.5) is 0 Å². The number of hydrogen-bond donors (Lipinski definition) is 1. The number of aliphatic hydroxyl groups is 1. The van der Waals surface area contributed by atoms with Crippen LogP contribution < -0.4 is 9.47 Å². The van der Waals surface area contributed by atoms with Gasteiger partial charge in [0.15, 0.2) is 0 Å². The molecule has 0 bridgehead atoms. The van der Waals surface area contributed by atoms with Crippen LogP contribution in [0.1, 0.15) is 49.9 Å². The molecule has 0 radical (unpaired) electrons. The van der Waals surface area contributed by atoms with Crippen molar-refractivity contribution >= 4 is 17.4 Å². The molecule has 7 nitrogen and oxygen atoms in total. The molecule has 2 heterocycles. The first-order valence-electron chi connectivity index (χ1n) is 12.1. The average Bonchev–Trinajstić information content (AvgIpc) is 3.32. The van der Waals surface area contributed by atoms with Crippen molar-refractivity contribution in [2.75, 3.05) is 26.9 Å². The zero-order valence-corrected chi connectivity index (χ0v) is 20.7. The first-order valence-corrected chi connectivity index (χ1v) is 12.1. The molecule has 186 valence electrons. The molecule has 0 aliphatic carbocycles. The Morgan fingerprint density at radius 1 is 1.17 bits per heavy atom. The Kier molecular flexibility index (Phi) is 7.45. The molecule has 7 heteroatoms. The second-order valence-electron chi connectivity index (χ2n) is 9.54. The van der Waals surface area contributed by atoms with E-state index in [-0.39, 0.29) is 30.6 Å². The number of Topliss-reactive ketones (excluding diaryl/α,β-unsaturated/α-hetero) is 1. The highest BCUT2D eigenvalue weighted by molar-refractivity contribution is 6.46. The number of nitrogens with zero attached hydrogens (tertiary/aromatic N) is 1. The Bertz CT molecular complexity index is 1140. The summed E-state index contributed by atoms with van der Waals surface area (Å²) in [6, 6.07) is 12.0. The number of ether oxygens (including phenoxy) is 3. The number of benzene rings is 2. The Balaban J connectivity index is 1.75. The average molecular weight is 480 g/mol. The van der Waals surface area contributed by atoms with E-state index >= 15 is 0 Å². The highest BCUT2D eigenvalue weighted by Crippen LogP contribution is 2.41. The summed E-state index contributed by atoms with van der Waals surface area (Å²) in [5.74, 6) is 0.390. The third-order valence-electron chi connectivity index (χ3n) is 6.38. The fourth-order valence-electron chi connectivity index (χ4n) is 4.56. The van der Waals surface area contributed by atoms with Gasteiger partial charge in [0.2, 0.25) is 0 Å². The monoisotopic (exact) mass is 479 g/mol. The van der Waals surface area contributed by atoms with E-state index in [0.717, 1.165) is 24.2 Å². The maximum absolute atomic E-state index is 13.2. The predicted molar refractivity (Wildman–Crippen MR) is 133 cm³/mol. The Morgan fingerprint density at radius 3 is 2.71 bits per heavy atom. The normalized spacial score (nSPS) is 20.9. The summed E-state index contributed by atoms with van der Waals surface area (Å²) in [4.78, 5) is 27.7. The Morgan fingerprint density at radius 2 is 1.97 bits per heavy atom. The molecule has 1 saturated heterocycles. The minimum Gasteiger partial charge on any atom is -0.507 e. The summed E-state index contributed by atoms with van der Waals surface area (Å²) in [7, 11) is 1.54. The molecule has 1 N–H and O–H groups in total. The van der Waals surface area contributed by atoms with Crippen LogP contribution in [0.15, 0.2) is 48.0 Å². The number of amides is 1.